The molecule has 0 amide bonds. The van der Waals surface area contributed by atoms with Gasteiger partial charge in [-0.25, -0.2) is 4.98 Å². The van der Waals surface area contributed by atoms with E-state index in [0.717, 1.165) is 22.0 Å². The summed E-state index contributed by atoms with van der Waals surface area (Å²) in [5, 5.41) is 10.4. The van der Waals surface area contributed by atoms with Gasteiger partial charge in [-0.1, -0.05) is 24.3 Å². The summed E-state index contributed by atoms with van der Waals surface area (Å²) in [6.45, 7) is 2.51. The zero-order valence-corrected chi connectivity index (χ0v) is 10.6. The Morgan fingerprint density at radius 2 is 2.00 bits per heavy atom. The summed E-state index contributed by atoms with van der Waals surface area (Å²) < 4.78 is 5.56. The Labute approximate surface area is 111 Å². The number of benzene rings is 1. The Bertz CT molecular complexity index is 707. The van der Waals surface area contributed by atoms with Crippen molar-refractivity contribution in [2.24, 2.45) is 0 Å². The van der Waals surface area contributed by atoms with E-state index in [0.29, 0.717) is 12.5 Å². The molecule has 3 rings (SSSR count). The topological polar surface area (TPSA) is 47.9 Å². The van der Waals surface area contributed by atoms with E-state index in [-0.39, 0.29) is 0 Å². The Morgan fingerprint density at radius 3 is 2.89 bits per heavy atom. The number of ether oxygens (including phenoxy) is 1. The fraction of sp³-hybridized carbons (Fsp3) is 0.133. The number of nitrogens with zero attached hydrogens (tertiary/aromatic N) is 3. The van der Waals surface area contributed by atoms with E-state index in [2.05, 4.69) is 15.2 Å². The maximum absolute atomic E-state index is 5.56. The van der Waals surface area contributed by atoms with E-state index in [1.54, 1.807) is 12.4 Å². The zero-order valence-electron chi connectivity index (χ0n) is 10.6. The van der Waals surface area contributed by atoms with E-state index in [1.165, 1.54) is 0 Å². The summed E-state index contributed by atoms with van der Waals surface area (Å²) in [6.07, 6.45) is 3.47. The molecule has 0 N–H and O–H groups in total. The van der Waals surface area contributed by atoms with Crippen molar-refractivity contribution in [1.82, 2.24) is 15.2 Å². The predicted molar refractivity (Wildman–Crippen MR) is 73.9 cm³/mol. The van der Waals surface area contributed by atoms with Crippen molar-refractivity contribution < 1.29 is 4.74 Å². The maximum atomic E-state index is 5.56. The highest BCUT2D eigenvalue weighted by Gasteiger charge is 2.12. The molecule has 0 fully saturated rings. The van der Waals surface area contributed by atoms with Crippen LogP contribution in [0.25, 0.3) is 22.0 Å². The number of fused-ring (bicyclic) bond motifs is 1. The molecule has 1 aromatic carbocycles. The normalized spacial score (nSPS) is 10.6. The summed E-state index contributed by atoms with van der Waals surface area (Å²) in [6, 6.07) is 11.9. The summed E-state index contributed by atoms with van der Waals surface area (Å²) in [4.78, 5) is 4.26. The summed E-state index contributed by atoms with van der Waals surface area (Å²) in [5.74, 6) is 0.593. The lowest BCUT2D eigenvalue weighted by Crippen LogP contribution is -1.98. The highest BCUT2D eigenvalue weighted by Crippen LogP contribution is 2.30. The number of hydrogen-bond acceptors (Lipinski definition) is 4. The second kappa shape index (κ2) is 5.02. The molecular weight excluding hydrogens is 238 g/mol. The molecule has 2 aromatic heterocycles. The molecule has 0 saturated carbocycles. The van der Waals surface area contributed by atoms with Crippen LogP contribution in [0.2, 0.25) is 0 Å². The minimum absolute atomic E-state index is 0.572. The summed E-state index contributed by atoms with van der Waals surface area (Å²) >= 11 is 0. The third-order valence-electron chi connectivity index (χ3n) is 2.88. The second-order valence-electron chi connectivity index (χ2n) is 4.07. The van der Waals surface area contributed by atoms with E-state index >= 15 is 0 Å². The first-order chi connectivity index (χ1) is 9.40. The largest absolute Gasteiger partial charge is 0.477 e. The van der Waals surface area contributed by atoms with Crippen LogP contribution in [0.3, 0.4) is 0 Å². The SMILES string of the molecule is CCOc1ncccc1-c1nncc2ccccc12. The molecule has 0 atom stereocenters. The third kappa shape index (κ3) is 2.12. The smallest absolute Gasteiger partial charge is 0.222 e. The molecule has 19 heavy (non-hydrogen) atoms. The number of rotatable bonds is 3. The van der Waals surface area contributed by atoms with Crippen LogP contribution in [0.4, 0.5) is 0 Å². The minimum Gasteiger partial charge on any atom is -0.477 e. The van der Waals surface area contributed by atoms with Gasteiger partial charge in [-0.2, -0.15) is 5.10 Å². The van der Waals surface area contributed by atoms with Gasteiger partial charge in [-0.3, -0.25) is 0 Å². The molecule has 0 aliphatic rings. The zero-order chi connectivity index (χ0) is 13.1. The molecule has 0 spiro atoms. The van der Waals surface area contributed by atoms with E-state index in [1.807, 2.05) is 43.3 Å². The molecule has 0 unspecified atom stereocenters. The molecule has 94 valence electrons. The fourth-order valence-corrected chi connectivity index (χ4v) is 2.05. The van der Waals surface area contributed by atoms with Crippen LogP contribution in [-0.2, 0) is 0 Å². The van der Waals surface area contributed by atoms with Gasteiger partial charge in [0.15, 0.2) is 0 Å². The predicted octanol–water partition coefficient (Wildman–Crippen LogP) is 3.09. The molecule has 0 aliphatic carbocycles. The van der Waals surface area contributed by atoms with Gasteiger partial charge in [0.05, 0.1) is 18.4 Å². The van der Waals surface area contributed by atoms with Crippen LogP contribution in [0, 0.1) is 0 Å². The van der Waals surface area contributed by atoms with Gasteiger partial charge in [0.2, 0.25) is 5.88 Å². The van der Waals surface area contributed by atoms with Crippen molar-refractivity contribution in [3.63, 3.8) is 0 Å². The molecule has 0 radical (unpaired) electrons. The Morgan fingerprint density at radius 1 is 1.11 bits per heavy atom. The van der Waals surface area contributed by atoms with E-state index in [9.17, 15) is 0 Å². The van der Waals surface area contributed by atoms with Gasteiger partial charge < -0.3 is 4.74 Å². The highest BCUT2D eigenvalue weighted by molar-refractivity contribution is 5.94. The molecule has 2 heterocycles. The van der Waals surface area contributed by atoms with Crippen LogP contribution in [-0.4, -0.2) is 21.8 Å². The maximum Gasteiger partial charge on any atom is 0.222 e. The molecule has 0 aliphatic heterocycles. The molecule has 0 bridgehead atoms. The van der Waals surface area contributed by atoms with Crippen LogP contribution >= 0.6 is 0 Å². The Balaban J connectivity index is 2.25. The van der Waals surface area contributed by atoms with E-state index in [4.69, 9.17) is 4.74 Å². The van der Waals surface area contributed by atoms with Crippen molar-refractivity contribution in [3.05, 3.63) is 48.8 Å². The van der Waals surface area contributed by atoms with Crippen LogP contribution in [0.5, 0.6) is 5.88 Å². The molecular formula is C15H13N3O. The lowest BCUT2D eigenvalue weighted by molar-refractivity contribution is 0.328. The summed E-state index contributed by atoms with van der Waals surface area (Å²) in [5.41, 5.74) is 1.67. The number of pyridine rings is 1. The second-order valence-corrected chi connectivity index (χ2v) is 4.07. The standard InChI is InChI=1S/C15H13N3O/c1-2-19-15-13(8-5-9-16-15)14-12-7-4-3-6-11(12)10-17-18-14/h3-10H,2H2,1H3. The molecule has 4 nitrogen and oxygen atoms in total. The van der Waals surface area contributed by atoms with Gasteiger partial charge in [-0.15, -0.1) is 5.10 Å². The first-order valence-electron chi connectivity index (χ1n) is 6.18. The highest BCUT2D eigenvalue weighted by atomic mass is 16.5. The first-order valence-corrected chi connectivity index (χ1v) is 6.18. The minimum atomic E-state index is 0.572. The van der Waals surface area contributed by atoms with Crippen LogP contribution < -0.4 is 4.74 Å². The van der Waals surface area contributed by atoms with Gasteiger partial charge in [0.1, 0.15) is 5.69 Å². The van der Waals surface area contributed by atoms with Gasteiger partial charge >= 0.3 is 0 Å². The fourth-order valence-electron chi connectivity index (χ4n) is 2.05. The molecule has 0 saturated heterocycles. The Kier molecular flexibility index (Phi) is 3.06. The quantitative estimate of drug-likeness (QED) is 0.717. The van der Waals surface area contributed by atoms with Crippen molar-refractivity contribution in [2.45, 2.75) is 6.92 Å². The van der Waals surface area contributed by atoms with Crippen molar-refractivity contribution in [1.29, 1.82) is 0 Å². The van der Waals surface area contributed by atoms with Crippen molar-refractivity contribution >= 4 is 10.8 Å². The van der Waals surface area contributed by atoms with Crippen LogP contribution in [0.1, 0.15) is 6.92 Å². The van der Waals surface area contributed by atoms with Gasteiger partial charge in [0.25, 0.3) is 0 Å². The lowest BCUT2D eigenvalue weighted by Gasteiger charge is -2.09. The number of aromatic nitrogens is 3. The van der Waals surface area contributed by atoms with Crippen LogP contribution in [0.15, 0.2) is 48.8 Å². The monoisotopic (exact) mass is 251 g/mol. The van der Waals surface area contributed by atoms with E-state index < -0.39 is 0 Å². The van der Waals surface area contributed by atoms with Crippen molar-refractivity contribution in [3.8, 4) is 17.1 Å². The summed E-state index contributed by atoms with van der Waals surface area (Å²) in [7, 11) is 0. The van der Waals surface area contributed by atoms with Crippen molar-refractivity contribution in [2.75, 3.05) is 6.61 Å². The third-order valence-corrected chi connectivity index (χ3v) is 2.88. The first kappa shape index (κ1) is 11.6. The Hall–Kier alpha value is -2.49. The van der Waals surface area contributed by atoms with Gasteiger partial charge in [-0.05, 0) is 19.1 Å². The lowest BCUT2D eigenvalue weighted by atomic mass is 10.1. The average molecular weight is 251 g/mol. The molecule has 4 heteroatoms. The van der Waals surface area contributed by atoms with Gasteiger partial charge in [0, 0.05) is 17.0 Å². The average Bonchev–Trinajstić information content (AvgIpc) is 2.48. The molecule has 3 aromatic rings. The number of hydrogen-bond donors (Lipinski definition) is 0.